The lowest BCUT2D eigenvalue weighted by Crippen LogP contribution is -2.49. The molecule has 3 rings (SSSR count). The Morgan fingerprint density at radius 2 is 2.00 bits per heavy atom. The molecule has 0 aliphatic carbocycles. The van der Waals surface area contributed by atoms with Crippen molar-refractivity contribution in [2.24, 2.45) is 11.7 Å². The molecule has 7 nitrogen and oxygen atoms in total. The van der Waals surface area contributed by atoms with Crippen molar-refractivity contribution in [1.29, 1.82) is 0 Å². The molecule has 1 aliphatic rings. The van der Waals surface area contributed by atoms with Gasteiger partial charge in [0.15, 0.2) is 0 Å². The standard InChI is InChI=1S/C20H28N4O3/c1-12(21)20(26)24-9-7-14(8-10-24)13(2)23-19(25)15-11-22-16-5-4-6-17(27-3)18(15)16/h4-6,11-14,22H,7-10,21H2,1-3H3,(H,23,25). The van der Waals surface area contributed by atoms with E-state index in [2.05, 4.69) is 10.3 Å². The minimum atomic E-state index is -0.462. The van der Waals surface area contributed by atoms with Crippen LogP contribution in [0.15, 0.2) is 24.4 Å². The maximum absolute atomic E-state index is 12.8. The number of aromatic amines is 1. The van der Waals surface area contributed by atoms with Gasteiger partial charge < -0.3 is 25.7 Å². The molecule has 0 radical (unpaired) electrons. The minimum Gasteiger partial charge on any atom is -0.496 e. The second-order valence-corrected chi connectivity index (χ2v) is 7.30. The van der Waals surface area contributed by atoms with Crippen molar-refractivity contribution in [3.05, 3.63) is 30.0 Å². The zero-order valence-corrected chi connectivity index (χ0v) is 16.1. The van der Waals surface area contributed by atoms with Gasteiger partial charge in [-0.2, -0.15) is 0 Å². The number of carbonyl (C=O) groups excluding carboxylic acids is 2. The highest BCUT2D eigenvalue weighted by Gasteiger charge is 2.28. The number of hydrogen-bond acceptors (Lipinski definition) is 4. The van der Waals surface area contributed by atoms with Crippen LogP contribution < -0.4 is 15.8 Å². The first-order chi connectivity index (χ1) is 12.9. The van der Waals surface area contributed by atoms with E-state index in [1.54, 1.807) is 20.2 Å². The van der Waals surface area contributed by atoms with Crippen molar-refractivity contribution in [2.75, 3.05) is 20.2 Å². The first-order valence-corrected chi connectivity index (χ1v) is 9.41. The van der Waals surface area contributed by atoms with Gasteiger partial charge in [-0.1, -0.05) is 6.07 Å². The number of amides is 2. The molecule has 27 heavy (non-hydrogen) atoms. The number of piperidine rings is 1. The lowest BCUT2D eigenvalue weighted by atomic mass is 9.90. The Morgan fingerprint density at radius 3 is 2.63 bits per heavy atom. The summed E-state index contributed by atoms with van der Waals surface area (Å²) in [6.07, 6.45) is 3.44. The molecule has 4 N–H and O–H groups in total. The molecule has 0 saturated carbocycles. The van der Waals surface area contributed by atoms with Crippen molar-refractivity contribution >= 4 is 22.7 Å². The monoisotopic (exact) mass is 372 g/mol. The number of aromatic nitrogens is 1. The Morgan fingerprint density at radius 1 is 1.30 bits per heavy atom. The van der Waals surface area contributed by atoms with Crippen LogP contribution in [-0.2, 0) is 4.79 Å². The largest absolute Gasteiger partial charge is 0.496 e. The number of nitrogens with zero attached hydrogens (tertiary/aromatic N) is 1. The van der Waals surface area contributed by atoms with Gasteiger partial charge in [0.25, 0.3) is 5.91 Å². The van der Waals surface area contributed by atoms with Gasteiger partial charge in [-0.25, -0.2) is 0 Å². The van der Waals surface area contributed by atoms with E-state index in [1.165, 1.54) is 0 Å². The Hall–Kier alpha value is -2.54. The van der Waals surface area contributed by atoms with E-state index >= 15 is 0 Å². The molecule has 7 heteroatoms. The van der Waals surface area contributed by atoms with Crippen molar-refractivity contribution in [2.45, 2.75) is 38.8 Å². The number of rotatable bonds is 5. The number of fused-ring (bicyclic) bond motifs is 1. The first-order valence-electron chi connectivity index (χ1n) is 9.41. The fraction of sp³-hybridized carbons (Fsp3) is 0.500. The molecule has 1 saturated heterocycles. The molecule has 0 spiro atoms. The molecule has 2 aromatic rings. The Kier molecular flexibility index (Phi) is 5.70. The summed E-state index contributed by atoms with van der Waals surface area (Å²) < 4.78 is 5.40. The van der Waals surface area contributed by atoms with Crippen LogP contribution in [0.2, 0.25) is 0 Å². The molecule has 1 fully saturated rings. The zero-order chi connectivity index (χ0) is 19.6. The van der Waals surface area contributed by atoms with Gasteiger partial charge in [0.05, 0.1) is 24.1 Å². The third-order valence-electron chi connectivity index (χ3n) is 5.44. The van der Waals surface area contributed by atoms with Crippen LogP contribution in [0.5, 0.6) is 5.75 Å². The van der Waals surface area contributed by atoms with Gasteiger partial charge in [-0.3, -0.25) is 9.59 Å². The highest BCUT2D eigenvalue weighted by Crippen LogP contribution is 2.29. The number of nitrogens with one attached hydrogen (secondary N) is 2. The number of carbonyl (C=O) groups is 2. The van der Waals surface area contributed by atoms with Gasteiger partial charge in [-0.15, -0.1) is 0 Å². The molecule has 1 aromatic heterocycles. The predicted octanol–water partition coefficient (Wildman–Crippen LogP) is 1.88. The maximum Gasteiger partial charge on any atom is 0.253 e. The SMILES string of the molecule is COc1cccc2[nH]cc(C(=O)NC(C)C3CCN(C(=O)C(C)N)CC3)c12. The number of methoxy groups -OCH3 is 1. The van der Waals surface area contributed by atoms with Crippen molar-refractivity contribution in [1.82, 2.24) is 15.2 Å². The summed E-state index contributed by atoms with van der Waals surface area (Å²) in [7, 11) is 1.60. The highest BCUT2D eigenvalue weighted by molar-refractivity contribution is 6.09. The summed E-state index contributed by atoms with van der Waals surface area (Å²) in [6.45, 7) is 5.11. The molecule has 2 amide bonds. The van der Waals surface area contributed by atoms with Crippen molar-refractivity contribution in [3.8, 4) is 5.75 Å². The number of H-pyrrole nitrogens is 1. The maximum atomic E-state index is 12.8. The lowest BCUT2D eigenvalue weighted by molar-refractivity contribution is -0.133. The van der Waals surface area contributed by atoms with Gasteiger partial charge >= 0.3 is 0 Å². The third-order valence-corrected chi connectivity index (χ3v) is 5.44. The van der Waals surface area contributed by atoms with E-state index in [1.807, 2.05) is 30.0 Å². The quantitative estimate of drug-likeness (QED) is 0.746. The van der Waals surface area contributed by atoms with E-state index in [0.717, 1.165) is 23.7 Å². The third kappa shape index (κ3) is 3.93. The van der Waals surface area contributed by atoms with Gasteiger partial charge in [-0.05, 0) is 44.7 Å². The van der Waals surface area contributed by atoms with Crippen LogP contribution >= 0.6 is 0 Å². The normalized spacial score (nSPS) is 17.6. The minimum absolute atomic E-state index is 0.00368. The molecule has 1 aromatic carbocycles. The van der Waals surface area contributed by atoms with E-state index in [-0.39, 0.29) is 17.9 Å². The number of benzene rings is 1. The molecule has 2 atom stereocenters. The average molecular weight is 372 g/mol. The number of ether oxygens (including phenoxy) is 1. The van der Waals surface area contributed by atoms with Crippen LogP contribution in [0.1, 0.15) is 37.0 Å². The van der Waals surface area contributed by atoms with Gasteiger partial charge in [0, 0.05) is 30.8 Å². The second-order valence-electron chi connectivity index (χ2n) is 7.30. The van der Waals surface area contributed by atoms with Crippen LogP contribution in [0.25, 0.3) is 10.9 Å². The molecular formula is C20H28N4O3. The van der Waals surface area contributed by atoms with Gasteiger partial charge in [0.1, 0.15) is 5.75 Å². The first kappa shape index (κ1) is 19.2. The van der Waals surface area contributed by atoms with E-state index < -0.39 is 6.04 Å². The fourth-order valence-corrected chi connectivity index (χ4v) is 3.81. The molecule has 2 unspecified atom stereocenters. The number of nitrogens with two attached hydrogens (primary N) is 1. The zero-order valence-electron chi connectivity index (χ0n) is 16.1. The lowest BCUT2D eigenvalue weighted by Gasteiger charge is -2.35. The van der Waals surface area contributed by atoms with Crippen LogP contribution in [-0.4, -0.2) is 54.0 Å². The van der Waals surface area contributed by atoms with Crippen molar-refractivity contribution < 1.29 is 14.3 Å². The Bertz CT molecular complexity index is 822. The topological polar surface area (TPSA) is 100 Å². The summed E-state index contributed by atoms with van der Waals surface area (Å²) >= 11 is 0. The number of hydrogen-bond donors (Lipinski definition) is 3. The molecule has 2 heterocycles. The van der Waals surface area contributed by atoms with E-state index in [4.69, 9.17) is 10.5 Å². The molecule has 0 bridgehead atoms. The van der Waals surface area contributed by atoms with Crippen LogP contribution in [0.3, 0.4) is 0 Å². The fourth-order valence-electron chi connectivity index (χ4n) is 3.81. The molecular weight excluding hydrogens is 344 g/mol. The summed E-state index contributed by atoms with van der Waals surface area (Å²) in [6, 6.07) is 5.21. The molecule has 1 aliphatic heterocycles. The Labute approximate surface area is 159 Å². The second kappa shape index (κ2) is 8.00. The summed E-state index contributed by atoms with van der Waals surface area (Å²) in [5.74, 6) is 0.885. The summed E-state index contributed by atoms with van der Waals surface area (Å²) in [5.41, 5.74) is 7.14. The average Bonchev–Trinajstić information content (AvgIpc) is 3.11. The smallest absolute Gasteiger partial charge is 0.253 e. The predicted molar refractivity (Wildman–Crippen MR) is 105 cm³/mol. The number of likely N-dealkylation sites (tertiary alicyclic amines) is 1. The summed E-state index contributed by atoms with van der Waals surface area (Å²) in [4.78, 5) is 29.8. The highest BCUT2D eigenvalue weighted by atomic mass is 16.5. The Balaban J connectivity index is 1.65. The van der Waals surface area contributed by atoms with Crippen LogP contribution in [0, 0.1) is 5.92 Å². The molecule has 146 valence electrons. The van der Waals surface area contributed by atoms with Crippen LogP contribution in [0.4, 0.5) is 0 Å². The van der Waals surface area contributed by atoms with Crippen molar-refractivity contribution in [3.63, 3.8) is 0 Å². The van der Waals surface area contributed by atoms with Gasteiger partial charge in [0.2, 0.25) is 5.91 Å². The van der Waals surface area contributed by atoms with E-state index in [9.17, 15) is 9.59 Å². The van der Waals surface area contributed by atoms with E-state index in [0.29, 0.717) is 30.3 Å². The summed E-state index contributed by atoms with van der Waals surface area (Å²) in [5, 5.41) is 3.91.